The lowest BCUT2D eigenvalue weighted by Gasteiger charge is -2.07. The second-order valence-electron chi connectivity index (χ2n) is 4.86. The first kappa shape index (κ1) is 15.6. The number of carbonyl (C=O) groups excluding carboxylic acids is 1. The average molecular weight is 392 g/mol. The summed E-state index contributed by atoms with van der Waals surface area (Å²) < 4.78 is 6.45. The summed E-state index contributed by atoms with van der Waals surface area (Å²) in [7, 11) is 0. The summed E-state index contributed by atoms with van der Waals surface area (Å²) in [6, 6.07) is 15.8. The topological polar surface area (TPSA) is 68.3 Å². The van der Waals surface area contributed by atoms with E-state index in [1.54, 1.807) is 42.5 Å². The highest BCUT2D eigenvalue weighted by atomic mass is 79.9. The molecule has 0 atom stereocenters. The fourth-order valence-corrected chi connectivity index (χ4v) is 2.57. The van der Waals surface area contributed by atoms with Crippen molar-refractivity contribution in [2.24, 2.45) is 0 Å². The summed E-state index contributed by atoms with van der Waals surface area (Å²) in [6.45, 7) is 0. The number of anilines is 2. The standard InChI is InChI=1S/C17H12BrClN2O2/c18-11-3-6-14(13(20)9-11)21-17(22)16-8-7-15(23-16)10-1-4-12(19)5-2-10/h1-9H,20H2,(H,21,22). The Morgan fingerprint density at radius 1 is 1.09 bits per heavy atom. The molecule has 0 saturated heterocycles. The molecule has 0 bridgehead atoms. The molecule has 0 aliphatic heterocycles. The van der Waals surface area contributed by atoms with Crippen LogP contribution in [0.5, 0.6) is 0 Å². The Hall–Kier alpha value is -2.24. The van der Waals surface area contributed by atoms with E-state index in [0.717, 1.165) is 10.0 Å². The molecule has 3 rings (SSSR count). The Kier molecular flexibility index (Phi) is 4.41. The van der Waals surface area contributed by atoms with Crippen molar-refractivity contribution in [3.63, 3.8) is 0 Å². The number of amides is 1. The zero-order valence-corrected chi connectivity index (χ0v) is 14.2. The molecule has 1 aromatic heterocycles. The van der Waals surface area contributed by atoms with Crippen molar-refractivity contribution < 1.29 is 9.21 Å². The maximum atomic E-state index is 12.3. The van der Waals surface area contributed by atoms with Gasteiger partial charge in [-0.1, -0.05) is 27.5 Å². The minimum Gasteiger partial charge on any atom is -0.451 e. The van der Waals surface area contributed by atoms with E-state index in [1.807, 2.05) is 12.1 Å². The first-order valence-corrected chi connectivity index (χ1v) is 7.92. The lowest BCUT2D eigenvalue weighted by molar-refractivity contribution is 0.0997. The van der Waals surface area contributed by atoms with Crippen LogP contribution in [0.25, 0.3) is 11.3 Å². The third-order valence-electron chi connectivity index (χ3n) is 3.22. The van der Waals surface area contributed by atoms with Gasteiger partial charge in [0.1, 0.15) is 5.76 Å². The van der Waals surface area contributed by atoms with Gasteiger partial charge in [-0.25, -0.2) is 0 Å². The van der Waals surface area contributed by atoms with Gasteiger partial charge < -0.3 is 15.5 Å². The van der Waals surface area contributed by atoms with Crippen LogP contribution in [-0.4, -0.2) is 5.91 Å². The van der Waals surface area contributed by atoms with Gasteiger partial charge in [-0.15, -0.1) is 0 Å². The quantitative estimate of drug-likeness (QED) is 0.603. The Bertz CT molecular complexity index is 859. The van der Waals surface area contributed by atoms with Crippen LogP contribution in [0.15, 0.2) is 63.5 Å². The van der Waals surface area contributed by atoms with E-state index in [9.17, 15) is 4.79 Å². The Balaban J connectivity index is 1.79. The highest BCUT2D eigenvalue weighted by Crippen LogP contribution is 2.26. The van der Waals surface area contributed by atoms with Crippen LogP contribution in [0.3, 0.4) is 0 Å². The molecule has 1 amide bonds. The number of rotatable bonds is 3. The Labute approximate surface area is 146 Å². The fourth-order valence-electron chi connectivity index (χ4n) is 2.06. The Morgan fingerprint density at radius 3 is 2.52 bits per heavy atom. The van der Waals surface area contributed by atoms with Gasteiger partial charge in [0.25, 0.3) is 5.91 Å². The monoisotopic (exact) mass is 390 g/mol. The fraction of sp³-hybridized carbons (Fsp3) is 0. The minimum absolute atomic E-state index is 0.206. The number of furan rings is 1. The molecule has 6 heteroatoms. The summed E-state index contributed by atoms with van der Waals surface area (Å²) in [5.74, 6) is 0.437. The molecule has 0 fully saturated rings. The molecule has 23 heavy (non-hydrogen) atoms. The molecule has 0 spiro atoms. The second-order valence-corrected chi connectivity index (χ2v) is 6.21. The number of hydrogen-bond acceptors (Lipinski definition) is 3. The number of carbonyl (C=O) groups is 1. The number of nitrogen functional groups attached to an aromatic ring is 1. The predicted octanol–water partition coefficient (Wildman–Crippen LogP) is 5.20. The number of nitrogens with two attached hydrogens (primary N) is 1. The van der Waals surface area contributed by atoms with Crippen molar-refractivity contribution in [3.8, 4) is 11.3 Å². The molecule has 4 nitrogen and oxygen atoms in total. The lowest BCUT2D eigenvalue weighted by atomic mass is 10.2. The summed E-state index contributed by atoms with van der Waals surface area (Å²) in [5.41, 5.74) is 7.71. The van der Waals surface area contributed by atoms with Gasteiger partial charge >= 0.3 is 0 Å². The van der Waals surface area contributed by atoms with Gasteiger partial charge in [0.15, 0.2) is 5.76 Å². The average Bonchev–Trinajstić information content (AvgIpc) is 3.01. The van der Waals surface area contributed by atoms with E-state index in [0.29, 0.717) is 22.2 Å². The maximum Gasteiger partial charge on any atom is 0.291 e. The molecule has 0 radical (unpaired) electrons. The molecule has 0 unspecified atom stereocenters. The van der Waals surface area contributed by atoms with Crippen LogP contribution >= 0.6 is 27.5 Å². The van der Waals surface area contributed by atoms with Crippen molar-refractivity contribution in [2.45, 2.75) is 0 Å². The third-order valence-corrected chi connectivity index (χ3v) is 3.97. The van der Waals surface area contributed by atoms with Gasteiger partial charge in [0.05, 0.1) is 11.4 Å². The predicted molar refractivity (Wildman–Crippen MR) is 95.7 cm³/mol. The largest absolute Gasteiger partial charge is 0.451 e. The first-order chi connectivity index (χ1) is 11.0. The highest BCUT2D eigenvalue weighted by molar-refractivity contribution is 9.10. The molecular weight excluding hydrogens is 380 g/mol. The molecule has 116 valence electrons. The number of benzene rings is 2. The van der Waals surface area contributed by atoms with Crippen molar-refractivity contribution in [2.75, 3.05) is 11.1 Å². The maximum absolute atomic E-state index is 12.3. The molecule has 0 saturated carbocycles. The second kappa shape index (κ2) is 6.48. The van der Waals surface area contributed by atoms with E-state index in [-0.39, 0.29) is 11.7 Å². The van der Waals surface area contributed by atoms with E-state index in [2.05, 4.69) is 21.2 Å². The number of hydrogen-bond donors (Lipinski definition) is 2. The van der Waals surface area contributed by atoms with Crippen LogP contribution in [0.2, 0.25) is 5.02 Å². The summed E-state index contributed by atoms with van der Waals surface area (Å²) >= 11 is 9.18. The van der Waals surface area contributed by atoms with Gasteiger partial charge in [0, 0.05) is 15.1 Å². The summed E-state index contributed by atoms with van der Waals surface area (Å²) in [4.78, 5) is 12.3. The van der Waals surface area contributed by atoms with Gasteiger partial charge in [-0.3, -0.25) is 4.79 Å². The summed E-state index contributed by atoms with van der Waals surface area (Å²) in [5, 5.41) is 3.37. The van der Waals surface area contributed by atoms with E-state index in [1.165, 1.54) is 0 Å². The normalized spacial score (nSPS) is 10.5. The number of halogens is 2. The molecule has 0 aliphatic rings. The molecule has 3 N–H and O–H groups in total. The Morgan fingerprint density at radius 2 is 1.83 bits per heavy atom. The van der Waals surface area contributed by atoms with Gasteiger partial charge in [-0.2, -0.15) is 0 Å². The van der Waals surface area contributed by atoms with E-state index >= 15 is 0 Å². The van der Waals surface area contributed by atoms with Crippen LogP contribution in [0, 0.1) is 0 Å². The van der Waals surface area contributed by atoms with E-state index < -0.39 is 0 Å². The van der Waals surface area contributed by atoms with Crippen LogP contribution in [-0.2, 0) is 0 Å². The lowest BCUT2D eigenvalue weighted by Crippen LogP contribution is -2.12. The third kappa shape index (κ3) is 3.57. The van der Waals surface area contributed by atoms with Crippen molar-refractivity contribution in [3.05, 3.63) is 69.9 Å². The van der Waals surface area contributed by atoms with Crippen molar-refractivity contribution >= 4 is 44.8 Å². The molecule has 0 aliphatic carbocycles. The van der Waals surface area contributed by atoms with Gasteiger partial charge in [0.2, 0.25) is 0 Å². The summed E-state index contributed by atoms with van der Waals surface area (Å²) in [6.07, 6.45) is 0. The van der Waals surface area contributed by atoms with E-state index in [4.69, 9.17) is 21.8 Å². The zero-order chi connectivity index (χ0) is 16.4. The SMILES string of the molecule is Nc1cc(Br)ccc1NC(=O)c1ccc(-c2ccc(Cl)cc2)o1. The highest BCUT2D eigenvalue weighted by Gasteiger charge is 2.13. The molecule has 1 heterocycles. The van der Waals surface area contributed by atoms with Crippen LogP contribution in [0.1, 0.15) is 10.6 Å². The van der Waals surface area contributed by atoms with Crippen LogP contribution in [0.4, 0.5) is 11.4 Å². The smallest absolute Gasteiger partial charge is 0.291 e. The van der Waals surface area contributed by atoms with Crippen molar-refractivity contribution in [1.29, 1.82) is 0 Å². The molecule has 3 aromatic rings. The van der Waals surface area contributed by atoms with Crippen molar-refractivity contribution in [1.82, 2.24) is 0 Å². The minimum atomic E-state index is -0.362. The number of nitrogens with one attached hydrogen (secondary N) is 1. The van der Waals surface area contributed by atoms with Crippen LogP contribution < -0.4 is 11.1 Å². The molecular formula is C17H12BrClN2O2. The molecule has 2 aromatic carbocycles. The zero-order valence-electron chi connectivity index (χ0n) is 11.8. The van der Waals surface area contributed by atoms with Gasteiger partial charge in [-0.05, 0) is 54.6 Å². The first-order valence-electron chi connectivity index (χ1n) is 6.75.